The van der Waals surface area contributed by atoms with Crippen LogP contribution in [0.25, 0.3) is 0 Å². The maximum absolute atomic E-state index is 11.6. The van der Waals surface area contributed by atoms with E-state index in [0.717, 1.165) is 4.90 Å². The second kappa shape index (κ2) is 4.57. The molecule has 16 heavy (non-hydrogen) atoms. The van der Waals surface area contributed by atoms with Crippen LogP contribution in [0.3, 0.4) is 0 Å². The van der Waals surface area contributed by atoms with Gasteiger partial charge in [-0.15, -0.1) is 0 Å². The van der Waals surface area contributed by atoms with E-state index in [0.29, 0.717) is 0 Å². The van der Waals surface area contributed by atoms with E-state index in [2.05, 4.69) is 0 Å². The molecule has 1 heterocycles. The van der Waals surface area contributed by atoms with E-state index in [1.165, 1.54) is 0 Å². The summed E-state index contributed by atoms with van der Waals surface area (Å²) in [4.78, 5) is 34.3. The maximum Gasteiger partial charge on any atom is 0.303 e. The third kappa shape index (κ3) is 2.08. The van der Waals surface area contributed by atoms with E-state index < -0.39 is 24.7 Å². The Labute approximate surface area is 93.2 Å². The van der Waals surface area contributed by atoms with Gasteiger partial charge in [-0.05, 0) is 13.3 Å². The maximum atomic E-state index is 11.6. The molecular formula is C10H10N2O4. The lowest BCUT2D eigenvalue weighted by Crippen LogP contribution is -2.32. The van der Waals surface area contributed by atoms with Gasteiger partial charge in [0.05, 0.1) is 0 Å². The molecule has 0 aromatic heterocycles. The molecule has 6 nitrogen and oxygen atoms in total. The van der Waals surface area contributed by atoms with E-state index in [1.54, 1.807) is 6.07 Å². The Balaban J connectivity index is 2.74. The highest BCUT2D eigenvalue weighted by Crippen LogP contribution is 2.19. The summed E-state index contributed by atoms with van der Waals surface area (Å²) in [5.74, 6) is -2.41. The minimum absolute atomic E-state index is 0.0430. The summed E-state index contributed by atoms with van der Waals surface area (Å²) in [5.41, 5.74) is -0.423. The van der Waals surface area contributed by atoms with Gasteiger partial charge in [0.1, 0.15) is 11.6 Å². The average molecular weight is 223 g/mol. The minimum Gasteiger partial charge on any atom is -0.481 e. The smallest absolute Gasteiger partial charge is 0.303 e. The standard InChI is InChI=1S/C10H10N2O4/c1-6-7(5-11)10(16)12(9(6)15)4-2-3-8(13)14/h2-4H2,1H3,(H,13,14)/i1D. The van der Waals surface area contributed by atoms with E-state index in [1.807, 2.05) is 0 Å². The number of hydrogen-bond acceptors (Lipinski definition) is 4. The summed E-state index contributed by atoms with van der Waals surface area (Å²) in [6.45, 7) is -0.471. The van der Waals surface area contributed by atoms with Crippen LogP contribution in [0.5, 0.6) is 0 Å². The molecule has 1 N–H and O–H groups in total. The van der Waals surface area contributed by atoms with Gasteiger partial charge in [-0.25, -0.2) is 0 Å². The van der Waals surface area contributed by atoms with E-state index in [9.17, 15) is 14.4 Å². The summed E-state index contributed by atoms with van der Waals surface area (Å²) in [5, 5.41) is 17.1. The number of carbonyl (C=O) groups is 3. The first-order valence-electron chi connectivity index (χ1n) is 5.24. The van der Waals surface area contributed by atoms with Crippen molar-refractivity contribution in [3.05, 3.63) is 11.1 Å². The number of rotatable bonds is 4. The van der Waals surface area contributed by atoms with E-state index in [-0.39, 0.29) is 30.5 Å². The average Bonchev–Trinajstić information content (AvgIpc) is 2.51. The lowest BCUT2D eigenvalue weighted by Gasteiger charge is -2.13. The third-order valence-corrected chi connectivity index (χ3v) is 2.15. The molecule has 1 rings (SSSR count). The summed E-state index contributed by atoms with van der Waals surface area (Å²) < 4.78 is 7.09. The SMILES string of the molecule is [2H]CC1=C(C#N)C(=O)N(CCCC(=O)O)C1=O. The lowest BCUT2D eigenvalue weighted by molar-refractivity contribution is -0.140. The Morgan fingerprint density at radius 3 is 2.69 bits per heavy atom. The first-order valence-corrected chi connectivity index (χ1v) is 4.53. The molecule has 0 radical (unpaired) electrons. The van der Waals surface area contributed by atoms with Crippen LogP contribution in [-0.4, -0.2) is 34.3 Å². The Kier molecular flexibility index (Phi) is 2.96. The number of imide groups is 1. The Morgan fingerprint density at radius 2 is 2.25 bits per heavy atom. The van der Waals surface area contributed by atoms with Crippen LogP contribution in [-0.2, 0) is 14.4 Å². The number of carboxylic acids is 1. The van der Waals surface area contributed by atoms with Gasteiger partial charge in [0.25, 0.3) is 11.8 Å². The highest BCUT2D eigenvalue weighted by molar-refractivity contribution is 6.20. The molecule has 84 valence electrons. The van der Waals surface area contributed by atoms with Gasteiger partial charge in [-0.1, -0.05) is 0 Å². The van der Waals surface area contributed by atoms with Crippen molar-refractivity contribution in [2.75, 3.05) is 6.54 Å². The first kappa shape index (κ1) is 10.4. The molecule has 0 spiro atoms. The van der Waals surface area contributed by atoms with Gasteiger partial charge in [-0.2, -0.15) is 5.26 Å². The van der Waals surface area contributed by atoms with Crippen molar-refractivity contribution >= 4 is 17.8 Å². The zero-order valence-corrected chi connectivity index (χ0v) is 8.39. The molecule has 0 aliphatic carbocycles. The van der Waals surface area contributed by atoms with Crippen molar-refractivity contribution < 1.29 is 20.9 Å². The molecule has 0 bridgehead atoms. The Hall–Kier alpha value is -2.16. The summed E-state index contributed by atoms with van der Waals surface area (Å²) in [7, 11) is 0. The fourth-order valence-corrected chi connectivity index (χ4v) is 1.33. The number of aliphatic carboxylic acids is 1. The van der Waals surface area contributed by atoms with Crippen molar-refractivity contribution in [1.82, 2.24) is 4.90 Å². The van der Waals surface area contributed by atoms with E-state index >= 15 is 0 Å². The zero-order valence-electron chi connectivity index (χ0n) is 9.39. The number of hydrogen-bond donors (Lipinski definition) is 1. The van der Waals surface area contributed by atoms with Gasteiger partial charge >= 0.3 is 5.97 Å². The molecule has 0 aromatic carbocycles. The van der Waals surface area contributed by atoms with Gasteiger partial charge in [0.15, 0.2) is 0 Å². The number of carbonyl (C=O) groups excluding carboxylic acids is 2. The van der Waals surface area contributed by atoms with Gasteiger partial charge in [-0.3, -0.25) is 19.3 Å². The van der Waals surface area contributed by atoms with Crippen molar-refractivity contribution in [1.29, 1.82) is 5.26 Å². The third-order valence-electron chi connectivity index (χ3n) is 2.15. The molecule has 1 aliphatic heterocycles. The first-order chi connectivity index (χ1) is 8.02. The molecule has 2 amide bonds. The second-order valence-electron chi connectivity index (χ2n) is 3.22. The van der Waals surface area contributed by atoms with Crippen molar-refractivity contribution in [2.24, 2.45) is 0 Å². The van der Waals surface area contributed by atoms with Crippen molar-refractivity contribution in [3.63, 3.8) is 0 Å². The largest absolute Gasteiger partial charge is 0.481 e. The van der Waals surface area contributed by atoms with Gasteiger partial charge in [0.2, 0.25) is 0 Å². The van der Waals surface area contributed by atoms with Crippen LogP contribution in [0.2, 0.25) is 0 Å². The minimum atomic E-state index is -1.02. The molecular weight excluding hydrogens is 212 g/mol. The molecule has 0 fully saturated rings. The molecule has 6 heteroatoms. The number of amides is 2. The number of nitriles is 1. The number of carboxylic acid groups (broad SMARTS) is 1. The summed E-state index contributed by atoms with van der Waals surface area (Å²) >= 11 is 0. The van der Waals surface area contributed by atoms with E-state index in [4.69, 9.17) is 11.7 Å². The topological polar surface area (TPSA) is 98.5 Å². The highest BCUT2D eigenvalue weighted by atomic mass is 16.4. The van der Waals surface area contributed by atoms with Crippen molar-refractivity contribution in [2.45, 2.75) is 19.7 Å². The second-order valence-corrected chi connectivity index (χ2v) is 3.22. The Bertz CT molecular complexity index is 450. The van der Waals surface area contributed by atoms with Crippen LogP contribution in [0, 0.1) is 11.3 Å². The quantitative estimate of drug-likeness (QED) is 0.679. The predicted molar refractivity (Wildman–Crippen MR) is 51.9 cm³/mol. The molecule has 1 aliphatic rings. The molecule has 0 saturated heterocycles. The van der Waals surface area contributed by atoms with Crippen LogP contribution in [0.1, 0.15) is 21.1 Å². The van der Waals surface area contributed by atoms with Crippen molar-refractivity contribution in [3.8, 4) is 6.07 Å². The fourth-order valence-electron chi connectivity index (χ4n) is 1.33. The summed E-state index contributed by atoms with van der Waals surface area (Å²) in [6.07, 6.45) is -0.0219. The molecule has 0 aromatic rings. The molecule has 0 unspecified atom stereocenters. The molecule has 0 atom stereocenters. The van der Waals surface area contributed by atoms with Crippen LogP contribution in [0.4, 0.5) is 0 Å². The zero-order chi connectivity index (χ0) is 13.0. The fraction of sp³-hybridized carbons (Fsp3) is 0.400. The predicted octanol–water partition coefficient (Wildman–Crippen LogP) is 0.0601. The molecule has 0 saturated carbocycles. The van der Waals surface area contributed by atoms with Gasteiger partial charge < -0.3 is 5.11 Å². The number of nitrogens with zero attached hydrogens (tertiary/aromatic N) is 2. The highest BCUT2D eigenvalue weighted by Gasteiger charge is 2.35. The van der Waals surface area contributed by atoms with Crippen LogP contribution >= 0.6 is 0 Å². The van der Waals surface area contributed by atoms with Crippen LogP contribution < -0.4 is 0 Å². The Morgan fingerprint density at radius 1 is 1.56 bits per heavy atom. The van der Waals surface area contributed by atoms with Crippen LogP contribution in [0.15, 0.2) is 11.1 Å². The lowest BCUT2D eigenvalue weighted by atomic mass is 10.2. The van der Waals surface area contributed by atoms with Gasteiger partial charge in [0, 0.05) is 19.9 Å². The monoisotopic (exact) mass is 223 g/mol. The normalized spacial score (nSPS) is 16.4. The summed E-state index contributed by atoms with van der Waals surface area (Å²) in [6, 6.07) is 1.61.